The van der Waals surface area contributed by atoms with Crippen LogP contribution in [-0.4, -0.2) is 26.1 Å². The maximum absolute atomic E-state index is 11.6. The third-order valence-corrected chi connectivity index (χ3v) is 3.62. The first-order chi connectivity index (χ1) is 11.7. The second kappa shape index (κ2) is 9.73. The molecule has 0 aromatic heterocycles. The average molecular weight is 328 g/mol. The minimum absolute atomic E-state index is 0.206. The Labute approximate surface area is 143 Å². The maximum atomic E-state index is 11.6. The van der Waals surface area contributed by atoms with Crippen LogP contribution in [0.25, 0.3) is 0 Å². The Morgan fingerprint density at radius 1 is 0.958 bits per heavy atom. The lowest BCUT2D eigenvalue weighted by atomic mass is 10.1. The van der Waals surface area contributed by atoms with Gasteiger partial charge in [-0.15, -0.1) is 0 Å². The van der Waals surface area contributed by atoms with Gasteiger partial charge in [0, 0.05) is 12.8 Å². The lowest BCUT2D eigenvalue weighted by Crippen LogP contribution is -2.08. The lowest BCUT2D eigenvalue weighted by Gasteiger charge is -2.12. The van der Waals surface area contributed by atoms with E-state index in [1.54, 1.807) is 7.11 Å². The second-order valence-electron chi connectivity index (χ2n) is 5.44. The highest BCUT2D eigenvalue weighted by molar-refractivity contribution is 5.80. The van der Waals surface area contributed by atoms with E-state index in [2.05, 4.69) is 0 Å². The molecule has 0 N–H and O–H groups in total. The Bertz CT molecular complexity index is 637. The van der Waals surface area contributed by atoms with E-state index in [-0.39, 0.29) is 5.78 Å². The third-order valence-electron chi connectivity index (χ3n) is 3.62. The first-order valence-corrected chi connectivity index (χ1v) is 8.16. The van der Waals surface area contributed by atoms with Crippen LogP contribution < -0.4 is 9.47 Å². The molecule has 0 aliphatic heterocycles. The molecule has 0 fully saturated rings. The van der Waals surface area contributed by atoms with Gasteiger partial charge in [-0.2, -0.15) is 0 Å². The summed E-state index contributed by atoms with van der Waals surface area (Å²) in [5.74, 6) is 1.50. The fourth-order valence-corrected chi connectivity index (χ4v) is 2.27. The summed E-state index contributed by atoms with van der Waals surface area (Å²) in [5.41, 5.74) is 2.07. The largest absolute Gasteiger partial charge is 0.493 e. The van der Waals surface area contributed by atoms with Crippen LogP contribution in [0.5, 0.6) is 11.5 Å². The number of rotatable bonds is 10. The van der Waals surface area contributed by atoms with E-state index < -0.39 is 0 Å². The summed E-state index contributed by atoms with van der Waals surface area (Å²) in [5, 5.41) is 0. The van der Waals surface area contributed by atoms with E-state index in [1.807, 2.05) is 55.5 Å². The molecular weight excluding hydrogens is 304 g/mol. The van der Waals surface area contributed by atoms with Crippen molar-refractivity contribution in [1.29, 1.82) is 0 Å². The van der Waals surface area contributed by atoms with Gasteiger partial charge in [-0.3, -0.25) is 4.79 Å². The molecule has 0 saturated carbocycles. The van der Waals surface area contributed by atoms with Crippen LogP contribution in [0.15, 0.2) is 48.5 Å². The van der Waals surface area contributed by atoms with Gasteiger partial charge >= 0.3 is 0 Å². The number of methoxy groups -OCH3 is 1. The van der Waals surface area contributed by atoms with E-state index in [0.717, 1.165) is 11.1 Å². The molecule has 4 nitrogen and oxygen atoms in total. The minimum atomic E-state index is 0.206. The summed E-state index contributed by atoms with van der Waals surface area (Å²) in [4.78, 5) is 11.6. The van der Waals surface area contributed by atoms with Crippen LogP contribution in [0.3, 0.4) is 0 Å². The standard InChI is InChI=1S/C20H24O4/c1-3-18(21)13-17-9-10-19(22-2)20(14-17)24-12-11-23-15-16-7-5-4-6-8-16/h4-10,14H,3,11-13,15H2,1-2H3. The Morgan fingerprint density at radius 2 is 1.75 bits per heavy atom. The molecule has 128 valence electrons. The van der Waals surface area contributed by atoms with E-state index in [9.17, 15) is 4.79 Å². The monoisotopic (exact) mass is 328 g/mol. The van der Waals surface area contributed by atoms with Crippen molar-refractivity contribution in [3.8, 4) is 11.5 Å². The molecule has 0 atom stereocenters. The van der Waals surface area contributed by atoms with Crippen molar-refractivity contribution in [3.63, 3.8) is 0 Å². The van der Waals surface area contributed by atoms with Crippen molar-refractivity contribution >= 4 is 5.78 Å². The third kappa shape index (κ3) is 5.70. The van der Waals surface area contributed by atoms with Crippen LogP contribution in [0.4, 0.5) is 0 Å². The second-order valence-corrected chi connectivity index (χ2v) is 5.44. The number of hydrogen-bond acceptors (Lipinski definition) is 4. The molecule has 0 amide bonds. The van der Waals surface area contributed by atoms with Crippen molar-refractivity contribution in [2.45, 2.75) is 26.4 Å². The number of ether oxygens (including phenoxy) is 3. The van der Waals surface area contributed by atoms with Crippen molar-refractivity contribution in [2.24, 2.45) is 0 Å². The molecule has 0 saturated heterocycles. The zero-order chi connectivity index (χ0) is 17.2. The van der Waals surface area contributed by atoms with Crippen LogP contribution in [0.2, 0.25) is 0 Å². The van der Waals surface area contributed by atoms with Crippen molar-refractivity contribution in [3.05, 3.63) is 59.7 Å². The van der Waals surface area contributed by atoms with E-state index in [4.69, 9.17) is 14.2 Å². The van der Waals surface area contributed by atoms with Gasteiger partial charge in [0.1, 0.15) is 12.4 Å². The molecule has 4 heteroatoms. The first-order valence-electron chi connectivity index (χ1n) is 8.16. The van der Waals surface area contributed by atoms with Gasteiger partial charge in [-0.1, -0.05) is 43.3 Å². The first kappa shape index (κ1) is 18.0. The Balaban J connectivity index is 1.83. The number of hydrogen-bond donors (Lipinski definition) is 0. The molecule has 0 radical (unpaired) electrons. The quantitative estimate of drug-likeness (QED) is 0.622. The fourth-order valence-electron chi connectivity index (χ4n) is 2.27. The van der Waals surface area contributed by atoms with Gasteiger partial charge in [0.15, 0.2) is 11.5 Å². The molecule has 0 aliphatic rings. The van der Waals surface area contributed by atoms with Crippen molar-refractivity contribution in [1.82, 2.24) is 0 Å². The number of Topliss-reactive ketones (excluding diaryl/α,β-unsaturated/α-hetero) is 1. The predicted molar refractivity (Wildman–Crippen MR) is 93.6 cm³/mol. The molecular formula is C20H24O4. The molecule has 24 heavy (non-hydrogen) atoms. The van der Waals surface area contributed by atoms with Gasteiger partial charge in [-0.05, 0) is 23.3 Å². The summed E-state index contributed by atoms with van der Waals surface area (Å²) < 4.78 is 16.7. The summed E-state index contributed by atoms with van der Waals surface area (Å²) >= 11 is 0. The highest BCUT2D eigenvalue weighted by atomic mass is 16.5. The van der Waals surface area contributed by atoms with E-state index in [0.29, 0.717) is 44.2 Å². The van der Waals surface area contributed by atoms with Crippen molar-refractivity contribution in [2.75, 3.05) is 20.3 Å². The Morgan fingerprint density at radius 3 is 2.46 bits per heavy atom. The van der Waals surface area contributed by atoms with Gasteiger partial charge in [0.25, 0.3) is 0 Å². The molecule has 0 heterocycles. The molecule has 2 aromatic rings. The molecule has 0 aliphatic carbocycles. The molecule has 0 spiro atoms. The topological polar surface area (TPSA) is 44.8 Å². The fraction of sp³-hybridized carbons (Fsp3) is 0.350. The number of carbonyl (C=O) groups excluding carboxylic acids is 1. The van der Waals surface area contributed by atoms with Crippen LogP contribution in [-0.2, 0) is 22.6 Å². The molecule has 0 bridgehead atoms. The number of ketones is 1. The molecule has 2 rings (SSSR count). The summed E-state index contributed by atoms with van der Waals surface area (Å²) in [6, 6.07) is 15.6. The van der Waals surface area contributed by atoms with Gasteiger partial charge < -0.3 is 14.2 Å². The van der Waals surface area contributed by atoms with Gasteiger partial charge in [0.05, 0.1) is 20.3 Å². The van der Waals surface area contributed by atoms with Gasteiger partial charge in [0.2, 0.25) is 0 Å². The maximum Gasteiger partial charge on any atom is 0.161 e. The molecule has 0 unspecified atom stereocenters. The SMILES string of the molecule is CCC(=O)Cc1ccc(OC)c(OCCOCc2ccccc2)c1. The van der Waals surface area contributed by atoms with Crippen molar-refractivity contribution < 1.29 is 19.0 Å². The summed E-state index contributed by atoms with van der Waals surface area (Å²) in [7, 11) is 1.60. The van der Waals surface area contributed by atoms with Crippen LogP contribution in [0.1, 0.15) is 24.5 Å². The van der Waals surface area contributed by atoms with Crippen LogP contribution >= 0.6 is 0 Å². The number of carbonyl (C=O) groups is 1. The van der Waals surface area contributed by atoms with Gasteiger partial charge in [-0.25, -0.2) is 0 Å². The average Bonchev–Trinajstić information content (AvgIpc) is 2.62. The van der Waals surface area contributed by atoms with E-state index >= 15 is 0 Å². The zero-order valence-corrected chi connectivity index (χ0v) is 14.3. The van der Waals surface area contributed by atoms with E-state index in [1.165, 1.54) is 0 Å². The predicted octanol–water partition coefficient (Wildman–Crippen LogP) is 3.81. The van der Waals surface area contributed by atoms with Crippen LogP contribution in [0, 0.1) is 0 Å². The number of benzene rings is 2. The highest BCUT2D eigenvalue weighted by Gasteiger charge is 2.08. The Hall–Kier alpha value is -2.33. The molecule has 2 aromatic carbocycles. The summed E-state index contributed by atoms with van der Waals surface area (Å²) in [6.07, 6.45) is 0.955. The summed E-state index contributed by atoms with van der Waals surface area (Å²) in [6.45, 7) is 3.34. The zero-order valence-electron chi connectivity index (χ0n) is 14.3. The Kier molecular flexibility index (Phi) is 7.30. The smallest absolute Gasteiger partial charge is 0.161 e. The lowest BCUT2D eigenvalue weighted by molar-refractivity contribution is -0.118. The highest BCUT2D eigenvalue weighted by Crippen LogP contribution is 2.28. The minimum Gasteiger partial charge on any atom is -0.493 e. The normalized spacial score (nSPS) is 10.4.